The van der Waals surface area contributed by atoms with Crippen LogP contribution in [-0.2, 0) is 9.53 Å². The minimum atomic E-state index is -1.59. The van der Waals surface area contributed by atoms with Gasteiger partial charge in [0, 0.05) is 16.8 Å². The highest BCUT2D eigenvalue weighted by atomic mass is 35.5. The number of ether oxygens (including phenoxy) is 1. The fourth-order valence-corrected chi connectivity index (χ4v) is 2.58. The zero-order valence-corrected chi connectivity index (χ0v) is 13.5. The molecule has 0 saturated heterocycles. The third kappa shape index (κ3) is 2.98. The van der Waals surface area contributed by atoms with Gasteiger partial charge in [-0.25, -0.2) is 14.2 Å². The smallest absolute Gasteiger partial charge is 0.341 e. The predicted octanol–water partition coefficient (Wildman–Crippen LogP) is 3.39. The van der Waals surface area contributed by atoms with Crippen LogP contribution in [0.4, 0.5) is 4.39 Å². The largest absolute Gasteiger partial charge is 0.464 e. The first-order chi connectivity index (χ1) is 11.5. The van der Waals surface area contributed by atoms with E-state index in [1.54, 1.807) is 31.2 Å². The number of benzene rings is 1. The summed E-state index contributed by atoms with van der Waals surface area (Å²) in [6.07, 6.45) is -0.424. The zero-order chi connectivity index (χ0) is 17.3. The molecule has 0 saturated carbocycles. The minimum Gasteiger partial charge on any atom is -0.464 e. The molecule has 2 heterocycles. The van der Waals surface area contributed by atoms with Crippen molar-refractivity contribution < 1.29 is 19.0 Å². The molecule has 3 aromatic rings. The van der Waals surface area contributed by atoms with Gasteiger partial charge >= 0.3 is 5.97 Å². The predicted molar refractivity (Wildman–Crippen MR) is 87.2 cm³/mol. The van der Waals surface area contributed by atoms with Crippen LogP contribution in [0, 0.1) is 5.82 Å². The number of pyridine rings is 1. The van der Waals surface area contributed by atoms with Crippen molar-refractivity contribution in [2.24, 2.45) is 0 Å². The number of halogens is 2. The molecule has 0 amide bonds. The summed E-state index contributed by atoms with van der Waals surface area (Å²) >= 11 is 5.89. The summed E-state index contributed by atoms with van der Waals surface area (Å²) in [4.78, 5) is 16.4. The maximum atomic E-state index is 13.6. The van der Waals surface area contributed by atoms with Crippen molar-refractivity contribution in [2.45, 2.75) is 13.0 Å². The van der Waals surface area contributed by atoms with Crippen molar-refractivity contribution in [3.8, 4) is 11.3 Å². The van der Waals surface area contributed by atoms with Crippen LogP contribution in [0.1, 0.15) is 18.7 Å². The molecule has 124 valence electrons. The number of aliphatic hydroxyl groups excluding tert-OH is 1. The highest BCUT2D eigenvalue weighted by molar-refractivity contribution is 6.30. The van der Waals surface area contributed by atoms with Gasteiger partial charge in [-0.3, -0.25) is 4.40 Å². The summed E-state index contributed by atoms with van der Waals surface area (Å²) in [6, 6.07) is 9.48. The molecule has 0 aliphatic rings. The second-order valence-corrected chi connectivity index (χ2v) is 5.52. The summed E-state index contributed by atoms with van der Waals surface area (Å²) in [7, 11) is 0. The molecule has 3 rings (SSSR count). The number of esters is 1. The van der Waals surface area contributed by atoms with Crippen LogP contribution in [-0.4, -0.2) is 27.1 Å². The fraction of sp³-hybridized carbons (Fsp3) is 0.176. The number of aliphatic hydroxyl groups is 1. The Morgan fingerprint density at radius 3 is 2.71 bits per heavy atom. The second kappa shape index (κ2) is 6.59. The molecule has 1 atom stereocenters. The lowest BCUT2D eigenvalue weighted by Gasteiger charge is -2.12. The van der Waals surface area contributed by atoms with E-state index in [1.165, 1.54) is 22.7 Å². The molecule has 1 aromatic carbocycles. The Balaban J connectivity index is 2.22. The highest BCUT2D eigenvalue weighted by Gasteiger charge is 2.27. The van der Waals surface area contributed by atoms with Crippen LogP contribution in [0.25, 0.3) is 16.9 Å². The number of hydrogen-bond donors (Lipinski definition) is 1. The van der Waals surface area contributed by atoms with Gasteiger partial charge in [0.1, 0.15) is 11.5 Å². The topological polar surface area (TPSA) is 63.8 Å². The normalized spacial score (nSPS) is 12.3. The van der Waals surface area contributed by atoms with E-state index >= 15 is 0 Å². The van der Waals surface area contributed by atoms with Gasteiger partial charge in [0.2, 0.25) is 0 Å². The van der Waals surface area contributed by atoms with E-state index in [0.717, 1.165) is 0 Å². The molecule has 5 nitrogen and oxygen atoms in total. The van der Waals surface area contributed by atoms with Gasteiger partial charge in [0.05, 0.1) is 18.0 Å². The average Bonchev–Trinajstić information content (AvgIpc) is 2.93. The van der Waals surface area contributed by atoms with Crippen molar-refractivity contribution in [2.75, 3.05) is 6.61 Å². The molecule has 0 aliphatic heterocycles. The standard InChI is InChI=1S/C17H14ClFN2O3/c1-2-24-17(23)16(22)15-14(10-3-5-11(18)6-4-10)20-13-8-7-12(19)9-21(13)15/h3-9,16,22H,2H2,1H3. The Bertz CT molecular complexity index is 893. The third-order valence-corrected chi connectivity index (χ3v) is 3.76. The van der Waals surface area contributed by atoms with Crippen molar-refractivity contribution in [1.29, 1.82) is 0 Å². The first-order valence-corrected chi connectivity index (χ1v) is 7.67. The quantitative estimate of drug-likeness (QED) is 0.734. The molecule has 1 N–H and O–H groups in total. The summed E-state index contributed by atoms with van der Waals surface area (Å²) < 4.78 is 19.8. The number of rotatable bonds is 4. The SMILES string of the molecule is CCOC(=O)C(O)c1c(-c2ccc(Cl)cc2)nc2ccc(F)cn12. The maximum absolute atomic E-state index is 13.6. The summed E-state index contributed by atoms with van der Waals surface area (Å²) in [5, 5.41) is 11.0. The molecule has 7 heteroatoms. The van der Waals surface area contributed by atoms with Crippen LogP contribution in [0.2, 0.25) is 5.02 Å². The number of nitrogens with zero attached hydrogens (tertiary/aromatic N) is 2. The summed E-state index contributed by atoms with van der Waals surface area (Å²) in [6.45, 7) is 1.76. The van der Waals surface area contributed by atoms with Gasteiger partial charge in [-0.05, 0) is 31.2 Å². The van der Waals surface area contributed by atoms with Crippen molar-refractivity contribution in [1.82, 2.24) is 9.38 Å². The van der Waals surface area contributed by atoms with E-state index in [0.29, 0.717) is 21.9 Å². The summed E-state index contributed by atoms with van der Waals surface area (Å²) in [5.74, 6) is -1.33. The first-order valence-electron chi connectivity index (χ1n) is 7.29. The molecular weight excluding hydrogens is 335 g/mol. The van der Waals surface area contributed by atoms with Gasteiger partial charge in [0.25, 0.3) is 0 Å². The van der Waals surface area contributed by atoms with Crippen molar-refractivity contribution in [3.05, 3.63) is 59.1 Å². The molecule has 2 aromatic heterocycles. The Kier molecular flexibility index (Phi) is 4.51. The van der Waals surface area contributed by atoms with Crippen molar-refractivity contribution >= 4 is 23.2 Å². The lowest BCUT2D eigenvalue weighted by Crippen LogP contribution is -2.18. The van der Waals surface area contributed by atoms with Gasteiger partial charge < -0.3 is 9.84 Å². The van der Waals surface area contributed by atoms with Crippen LogP contribution in [0.15, 0.2) is 42.6 Å². The monoisotopic (exact) mass is 348 g/mol. The van der Waals surface area contributed by atoms with Crippen LogP contribution in [0.5, 0.6) is 0 Å². The van der Waals surface area contributed by atoms with E-state index in [-0.39, 0.29) is 12.3 Å². The van der Waals surface area contributed by atoms with E-state index in [9.17, 15) is 14.3 Å². The lowest BCUT2D eigenvalue weighted by molar-refractivity contribution is -0.153. The van der Waals surface area contributed by atoms with Crippen molar-refractivity contribution in [3.63, 3.8) is 0 Å². The molecule has 0 radical (unpaired) electrons. The molecule has 0 fully saturated rings. The molecule has 1 unspecified atom stereocenters. The average molecular weight is 349 g/mol. The lowest BCUT2D eigenvalue weighted by atomic mass is 10.1. The molecule has 0 spiro atoms. The van der Waals surface area contributed by atoms with E-state index in [1.807, 2.05) is 0 Å². The van der Waals surface area contributed by atoms with E-state index < -0.39 is 17.9 Å². The highest BCUT2D eigenvalue weighted by Crippen LogP contribution is 2.30. The molecule has 0 bridgehead atoms. The van der Waals surface area contributed by atoms with Crippen LogP contribution < -0.4 is 0 Å². The molecular formula is C17H14ClFN2O3. The zero-order valence-electron chi connectivity index (χ0n) is 12.7. The van der Waals surface area contributed by atoms with E-state index in [2.05, 4.69) is 4.98 Å². The number of carbonyl (C=O) groups is 1. The first kappa shape index (κ1) is 16.4. The van der Waals surface area contributed by atoms with Crippen LogP contribution in [0.3, 0.4) is 0 Å². The molecule has 0 aliphatic carbocycles. The Labute approximate surface area is 142 Å². The van der Waals surface area contributed by atoms with Gasteiger partial charge in [0.15, 0.2) is 6.10 Å². The van der Waals surface area contributed by atoms with Gasteiger partial charge in [-0.2, -0.15) is 0 Å². The number of imidazole rings is 1. The van der Waals surface area contributed by atoms with E-state index in [4.69, 9.17) is 16.3 Å². The Morgan fingerprint density at radius 2 is 2.04 bits per heavy atom. The summed E-state index contributed by atoms with van der Waals surface area (Å²) in [5.41, 5.74) is 1.55. The van der Waals surface area contributed by atoms with Gasteiger partial charge in [-0.15, -0.1) is 0 Å². The van der Waals surface area contributed by atoms with Crippen LogP contribution >= 0.6 is 11.6 Å². The number of fused-ring (bicyclic) bond motifs is 1. The minimum absolute atomic E-state index is 0.122. The van der Waals surface area contributed by atoms with Gasteiger partial charge in [-0.1, -0.05) is 23.7 Å². The number of carbonyl (C=O) groups excluding carboxylic acids is 1. The Hall–Kier alpha value is -2.44. The Morgan fingerprint density at radius 1 is 1.33 bits per heavy atom. The molecule has 24 heavy (non-hydrogen) atoms. The maximum Gasteiger partial charge on any atom is 0.341 e. The fourth-order valence-electron chi connectivity index (χ4n) is 2.45. The number of aromatic nitrogens is 2. The number of hydrogen-bond acceptors (Lipinski definition) is 4. The third-order valence-electron chi connectivity index (χ3n) is 3.51. The second-order valence-electron chi connectivity index (χ2n) is 5.08.